The van der Waals surface area contributed by atoms with Gasteiger partial charge in [-0.3, -0.25) is 4.98 Å². The molecule has 0 aliphatic rings. The summed E-state index contributed by atoms with van der Waals surface area (Å²) >= 11 is 0. The van der Waals surface area contributed by atoms with E-state index in [1.54, 1.807) is 0 Å². The molecule has 0 radical (unpaired) electrons. The molecule has 1 aromatic rings. The molecule has 0 bridgehead atoms. The van der Waals surface area contributed by atoms with E-state index in [0.717, 1.165) is 13.0 Å². The number of esters is 1. The summed E-state index contributed by atoms with van der Waals surface area (Å²) < 4.78 is 45.9. The van der Waals surface area contributed by atoms with Crippen molar-refractivity contribution in [2.75, 3.05) is 13.7 Å². The summed E-state index contributed by atoms with van der Waals surface area (Å²) in [5.74, 6) is -0.840. The Kier molecular flexibility index (Phi) is 5.54. The molecule has 0 aromatic carbocycles. The minimum atomic E-state index is -4.11. The van der Waals surface area contributed by atoms with Crippen molar-refractivity contribution in [1.82, 2.24) is 4.98 Å². The van der Waals surface area contributed by atoms with E-state index in [2.05, 4.69) is 9.72 Å². The first-order valence-corrected chi connectivity index (χ1v) is 7.12. The van der Waals surface area contributed by atoms with Gasteiger partial charge in [0, 0.05) is 13.3 Å². The van der Waals surface area contributed by atoms with Crippen molar-refractivity contribution in [1.29, 1.82) is 0 Å². The smallest absolute Gasteiger partial charge is 0.332 e. The van der Waals surface area contributed by atoms with Crippen molar-refractivity contribution >= 4 is 16.0 Å². The highest BCUT2D eigenvalue weighted by Gasteiger charge is 2.30. The zero-order valence-electron chi connectivity index (χ0n) is 10.9. The first kappa shape index (κ1) is 16.5. The largest absolute Gasteiger partial charge is 0.451 e. The number of primary sulfonamides is 1. The molecule has 112 valence electrons. The molecule has 0 saturated heterocycles. The summed E-state index contributed by atoms with van der Waals surface area (Å²) in [5.41, 5.74) is -0.255. The van der Waals surface area contributed by atoms with Crippen molar-refractivity contribution in [2.24, 2.45) is 5.14 Å². The predicted octanol–water partition coefficient (Wildman–Crippen LogP) is 0.318. The molecule has 1 aromatic heterocycles. The summed E-state index contributed by atoms with van der Waals surface area (Å²) in [7, 11) is -2.84. The molecular weight excluding hydrogens is 291 g/mol. The Morgan fingerprint density at radius 2 is 2.20 bits per heavy atom. The van der Waals surface area contributed by atoms with Gasteiger partial charge in [-0.05, 0) is 19.1 Å². The molecule has 1 heterocycles. The molecule has 9 heteroatoms. The number of carbonyl (C=O) groups is 1. The molecular formula is C11H15FN2O5S. The number of alkyl halides is 1. The number of sulfonamides is 1. The summed E-state index contributed by atoms with van der Waals surface area (Å²) in [6, 6.07) is 2.50. The SMILES string of the molecule is COCC(=O)O[C@@H](c1ncccc1S(N)(=O)=O)[C@@H](C)F. The van der Waals surface area contributed by atoms with E-state index in [4.69, 9.17) is 9.88 Å². The fraction of sp³-hybridized carbons (Fsp3) is 0.455. The lowest BCUT2D eigenvalue weighted by Gasteiger charge is -2.20. The van der Waals surface area contributed by atoms with Crippen LogP contribution in [0.2, 0.25) is 0 Å². The van der Waals surface area contributed by atoms with Crippen molar-refractivity contribution in [3.05, 3.63) is 24.0 Å². The van der Waals surface area contributed by atoms with Crippen LogP contribution in [0.25, 0.3) is 0 Å². The second-order valence-electron chi connectivity index (χ2n) is 3.95. The van der Waals surface area contributed by atoms with Gasteiger partial charge in [-0.25, -0.2) is 22.7 Å². The van der Waals surface area contributed by atoms with E-state index in [-0.39, 0.29) is 17.2 Å². The molecule has 2 atom stereocenters. The van der Waals surface area contributed by atoms with Crippen molar-refractivity contribution in [3.63, 3.8) is 0 Å². The van der Waals surface area contributed by atoms with E-state index >= 15 is 0 Å². The van der Waals surface area contributed by atoms with Crippen LogP contribution in [0.15, 0.2) is 23.2 Å². The van der Waals surface area contributed by atoms with Gasteiger partial charge in [0.2, 0.25) is 10.0 Å². The Hall–Kier alpha value is -1.58. The maximum absolute atomic E-state index is 13.6. The van der Waals surface area contributed by atoms with Crippen LogP contribution in [-0.4, -0.2) is 39.3 Å². The third-order valence-corrected chi connectivity index (χ3v) is 3.27. The van der Waals surface area contributed by atoms with Gasteiger partial charge in [0.1, 0.15) is 23.4 Å². The van der Waals surface area contributed by atoms with Crippen molar-refractivity contribution < 1.29 is 27.1 Å². The fourth-order valence-electron chi connectivity index (χ4n) is 1.52. The van der Waals surface area contributed by atoms with Gasteiger partial charge >= 0.3 is 5.97 Å². The lowest BCUT2D eigenvalue weighted by atomic mass is 10.1. The second-order valence-corrected chi connectivity index (χ2v) is 5.48. The number of pyridine rings is 1. The molecule has 0 saturated carbocycles. The number of nitrogens with two attached hydrogens (primary N) is 1. The highest BCUT2D eigenvalue weighted by molar-refractivity contribution is 7.89. The predicted molar refractivity (Wildman–Crippen MR) is 66.9 cm³/mol. The van der Waals surface area contributed by atoms with Gasteiger partial charge in [-0.2, -0.15) is 0 Å². The third kappa shape index (κ3) is 4.22. The van der Waals surface area contributed by atoms with Gasteiger partial charge in [-0.15, -0.1) is 0 Å². The maximum atomic E-state index is 13.6. The number of methoxy groups -OCH3 is 1. The van der Waals surface area contributed by atoms with Crippen LogP contribution < -0.4 is 5.14 Å². The standard InChI is InChI=1S/C11H15FN2O5S/c1-7(12)11(19-9(15)6-18-2)10-8(20(13,16)17)4-3-5-14-10/h3-5,7,11H,6H2,1-2H3,(H2,13,16,17)/t7-,11-/m1/s1. The molecule has 20 heavy (non-hydrogen) atoms. The molecule has 0 aliphatic carbocycles. The van der Waals surface area contributed by atoms with E-state index < -0.39 is 28.3 Å². The topological polar surface area (TPSA) is 109 Å². The molecule has 0 fully saturated rings. The van der Waals surface area contributed by atoms with Crippen molar-refractivity contribution in [2.45, 2.75) is 24.1 Å². The summed E-state index contributed by atoms with van der Waals surface area (Å²) in [6.45, 7) is 0.729. The number of ether oxygens (including phenoxy) is 2. The molecule has 2 N–H and O–H groups in total. The third-order valence-electron chi connectivity index (χ3n) is 2.31. The van der Waals surface area contributed by atoms with Crippen LogP contribution in [0.3, 0.4) is 0 Å². The van der Waals surface area contributed by atoms with Crippen LogP contribution in [0.1, 0.15) is 18.7 Å². The van der Waals surface area contributed by atoms with Gasteiger partial charge in [0.25, 0.3) is 0 Å². The highest BCUT2D eigenvalue weighted by atomic mass is 32.2. The zero-order chi connectivity index (χ0) is 15.3. The van der Waals surface area contributed by atoms with Gasteiger partial charge in [0.15, 0.2) is 6.10 Å². The highest BCUT2D eigenvalue weighted by Crippen LogP contribution is 2.27. The molecule has 0 unspecified atom stereocenters. The maximum Gasteiger partial charge on any atom is 0.332 e. The lowest BCUT2D eigenvalue weighted by Crippen LogP contribution is -2.25. The molecule has 7 nitrogen and oxygen atoms in total. The molecule has 0 spiro atoms. The molecule has 1 rings (SSSR count). The Morgan fingerprint density at radius 3 is 2.70 bits per heavy atom. The molecule has 0 amide bonds. The van der Waals surface area contributed by atoms with Crippen LogP contribution >= 0.6 is 0 Å². The number of rotatable bonds is 6. The first-order valence-electron chi connectivity index (χ1n) is 5.57. The minimum Gasteiger partial charge on any atom is -0.451 e. The first-order chi connectivity index (χ1) is 9.27. The number of carbonyl (C=O) groups excluding carboxylic acids is 1. The summed E-state index contributed by atoms with van der Waals surface area (Å²) in [4.78, 5) is 14.7. The van der Waals surface area contributed by atoms with E-state index in [9.17, 15) is 17.6 Å². The van der Waals surface area contributed by atoms with E-state index in [0.29, 0.717) is 0 Å². The Balaban J connectivity index is 3.20. The Bertz CT molecular complexity index is 576. The lowest BCUT2D eigenvalue weighted by molar-refractivity contribution is -0.157. The van der Waals surface area contributed by atoms with Crippen LogP contribution in [0.4, 0.5) is 4.39 Å². The van der Waals surface area contributed by atoms with Crippen molar-refractivity contribution in [3.8, 4) is 0 Å². The number of hydrogen-bond acceptors (Lipinski definition) is 6. The second kappa shape index (κ2) is 6.73. The average molecular weight is 306 g/mol. The fourth-order valence-corrected chi connectivity index (χ4v) is 2.25. The van der Waals surface area contributed by atoms with E-state index in [1.807, 2.05) is 0 Å². The number of hydrogen-bond donors (Lipinski definition) is 1. The number of nitrogens with zero attached hydrogens (tertiary/aromatic N) is 1. The Morgan fingerprint density at radius 1 is 1.55 bits per heavy atom. The summed E-state index contributed by atoms with van der Waals surface area (Å²) in [5, 5.41) is 5.03. The monoisotopic (exact) mass is 306 g/mol. The summed E-state index contributed by atoms with van der Waals surface area (Å²) in [6.07, 6.45) is -1.90. The van der Waals surface area contributed by atoms with Gasteiger partial charge in [0.05, 0.1) is 0 Å². The normalized spacial score (nSPS) is 14.6. The zero-order valence-corrected chi connectivity index (χ0v) is 11.8. The quantitative estimate of drug-likeness (QED) is 0.758. The van der Waals surface area contributed by atoms with Crippen LogP contribution in [-0.2, 0) is 24.3 Å². The Labute approximate surface area is 115 Å². The number of aromatic nitrogens is 1. The van der Waals surface area contributed by atoms with Crippen LogP contribution in [0, 0.1) is 0 Å². The minimum absolute atomic E-state index is 0.255. The molecule has 0 aliphatic heterocycles. The van der Waals surface area contributed by atoms with Gasteiger partial charge < -0.3 is 9.47 Å². The number of halogens is 1. The average Bonchev–Trinajstić information content (AvgIpc) is 2.35. The van der Waals surface area contributed by atoms with Gasteiger partial charge in [-0.1, -0.05) is 0 Å². The van der Waals surface area contributed by atoms with Crippen LogP contribution in [0.5, 0.6) is 0 Å². The van der Waals surface area contributed by atoms with E-state index in [1.165, 1.54) is 19.4 Å².